The van der Waals surface area contributed by atoms with Crippen molar-refractivity contribution < 1.29 is 19.2 Å². The van der Waals surface area contributed by atoms with Crippen molar-refractivity contribution in [3.63, 3.8) is 0 Å². The first kappa shape index (κ1) is 24.1. The number of oxime groups is 1. The minimum absolute atomic E-state index is 0.00974. The van der Waals surface area contributed by atoms with E-state index in [-0.39, 0.29) is 23.3 Å². The number of carbonyl (C=O) groups excluding carboxylic acids is 2. The maximum atomic E-state index is 12.1. The van der Waals surface area contributed by atoms with Gasteiger partial charge < -0.3 is 20.6 Å². The van der Waals surface area contributed by atoms with Crippen LogP contribution in [0.15, 0.2) is 29.4 Å². The van der Waals surface area contributed by atoms with E-state index in [2.05, 4.69) is 42.9 Å². The Bertz CT molecular complexity index is 723. The average molecular weight is 405 g/mol. The minimum atomic E-state index is -0.229. The largest absolute Gasteiger partial charge is 0.471 e. The molecule has 1 aliphatic heterocycles. The number of methoxy groups -OCH3 is 1. The molecule has 160 valence electrons. The molecule has 1 heterocycles. The number of nitrogens with two attached hydrogens (primary N) is 1. The van der Waals surface area contributed by atoms with Crippen molar-refractivity contribution in [3.05, 3.63) is 35.4 Å². The molecule has 1 amide bonds. The first-order valence-corrected chi connectivity index (χ1v) is 9.49. The fourth-order valence-electron chi connectivity index (χ4n) is 2.40. The number of benzene rings is 1. The molecule has 8 heteroatoms. The second kappa shape index (κ2) is 11.2. The first-order valence-electron chi connectivity index (χ1n) is 9.49. The zero-order valence-corrected chi connectivity index (χ0v) is 17.8. The molecular weight excluding hydrogens is 372 g/mol. The summed E-state index contributed by atoms with van der Waals surface area (Å²) in [6, 6.07) is 7.31. The molecule has 1 aromatic rings. The van der Waals surface area contributed by atoms with Crippen LogP contribution in [0.5, 0.6) is 0 Å². The van der Waals surface area contributed by atoms with Crippen LogP contribution in [0.2, 0.25) is 0 Å². The molecule has 0 saturated heterocycles. The van der Waals surface area contributed by atoms with Crippen molar-refractivity contribution in [1.29, 1.82) is 5.41 Å². The van der Waals surface area contributed by atoms with E-state index in [0.29, 0.717) is 37.3 Å². The summed E-state index contributed by atoms with van der Waals surface area (Å²) in [6.07, 6.45) is 0.671. The Morgan fingerprint density at radius 2 is 2.00 bits per heavy atom. The van der Waals surface area contributed by atoms with Crippen LogP contribution in [0.3, 0.4) is 0 Å². The normalized spacial score (nSPS) is 16.4. The zero-order valence-electron chi connectivity index (χ0n) is 17.8. The number of amidine groups is 1. The Morgan fingerprint density at radius 3 is 2.48 bits per heavy atom. The van der Waals surface area contributed by atoms with Gasteiger partial charge in [0.05, 0.1) is 19.2 Å². The van der Waals surface area contributed by atoms with Crippen LogP contribution in [-0.4, -0.2) is 43.7 Å². The van der Waals surface area contributed by atoms with Gasteiger partial charge in [-0.15, -0.1) is 0 Å². The molecule has 0 radical (unpaired) electrons. The van der Waals surface area contributed by atoms with Crippen molar-refractivity contribution in [1.82, 2.24) is 5.32 Å². The molecule has 2 unspecified atom stereocenters. The molecule has 0 saturated carbocycles. The summed E-state index contributed by atoms with van der Waals surface area (Å²) in [6.45, 7) is 9.68. The predicted molar refractivity (Wildman–Crippen MR) is 113 cm³/mol. The first-order chi connectivity index (χ1) is 13.6. The quantitative estimate of drug-likeness (QED) is 0.365. The number of nitrogens with one attached hydrogen (secondary N) is 2. The van der Waals surface area contributed by atoms with E-state index < -0.39 is 0 Å². The molecule has 8 nitrogen and oxygen atoms in total. The van der Waals surface area contributed by atoms with E-state index in [4.69, 9.17) is 20.8 Å². The highest BCUT2D eigenvalue weighted by molar-refractivity contribution is 6.02. The number of carbonyl (C=O) groups is 2. The van der Waals surface area contributed by atoms with Crippen molar-refractivity contribution in [2.75, 3.05) is 13.7 Å². The summed E-state index contributed by atoms with van der Waals surface area (Å²) in [5, 5.41) is 14.5. The Hall–Kier alpha value is -2.90. The third-order valence-electron chi connectivity index (χ3n) is 4.86. The Labute approximate surface area is 172 Å². The number of rotatable bonds is 7. The maximum Gasteiger partial charge on any atom is 0.292 e. The molecule has 2 rings (SSSR count). The molecule has 29 heavy (non-hydrogen) atoms. The highest BCUT2D eigenvalue weighted by atomic mass is 16.6. The van der Waals surface area contributed by atoms with Crippen molar-refractivity contribution in [3.8, 4) is 0 Å². The van der Waals surface area contributed by atoms with Crippen LogP contribution in [0.1, 0.15) is 51.7 Å². The monoisotopic (exact) mass is 404 g/mol. The van der Waals surface area contributed by atoms with E-state index in [0.717, 1.165) is 11.3 Å². The molecular formula is C21H32N4O4. The average Bonchev–Trinajstić information content (AvgIpc) is 3.14. The number of nitrogen functional groups attached to an aromatic ring is 1. The molecule has 1 aliphatic rings. The number of hydrogen-bond donors (Lipinski definition) is 3. The number of hydrogen-bond acceptors (Lipinski definition) is 6. The van der Waals surface area contributed by atoms with E-state index in [1.807, 2.05) is 12.1 Å². The smallest absolute Gasteiger partial charge is 0.292 e. The predicted octanol–water partition coefficient (Wildman–Crippen LogP) is 2.44. The van der Waals surface area contributed by atoms with Crippen LogP contribution in [0, 0.1) is 16.7 Å². The lowest BCUT2D eigenvalue weighted by molar-refractivity contribution is -0.126. The zero-order chi connectivity index (χ0) is 22.0. The lowest BCUT2D eigenvalue weighted by Crippen LogP contribution is -2.35. The third-order valence-corrected chi connectivity index (χ3v) is 4.86. The highest BCUT2D eigenvalue weighted by Crippen LogP contribution is 2.24. The summed E-state index contributed by atoms with van der Waals surface area (Å²) in [7, 11) is 1.31. The van der Waals surface area contributed by atoms with Gasteiger partial charge in [-0.2, -0.15) is 0 Å². The van der Waals surface area contributed by atoms with Crippen molar-refractivity contribution in [2.24, 2.45) is 22.2 Å². The minimum Gasteiger partial charge on any atom is -0.471 e. The van der Waals surface area contributed by atoms with Gasteiger partial charge in [0.2, 0.25) is 5.91 Å². The van der Waals surface area contributed by atoms with E-state index >= 15 is 0 Å². The molecule has 0 bridgehead atoms. The van der Waals surface area contributed by atoms with E-state index in [9.17, 15) is 4.79 Å². The Kier molecular flexibility index (Phi) is 9.31. The molecule has 1 aromatic carbocycles. The fourth-order valence-corrected chi connectivity index (χ4v) is 2.40. The maximum absolute atomic E-state index is 12.1. The van der Waals surface area contributed by atoms with E-state index in [1.165, 1.54) is 7.11 Å². The summed E-state index contributed by atoms with van der Waals surface area (Å²) in [4.78, 5) is 26.5. The molecule has 4 N–H and O–H groups in total. The molecule has 0 spiro atoms. The number of amides is 1. The Balaban J connectivity index is 0.000000960. The van der Waals surface area contributed by atoms with Crippen LogP contribution in [0.25, 0.3) is 0 Å². The van der Waals surface area contributed by atoms with Gasteiger partial charge in [0.1, 0.15) is 11.9 Å². The fraction of sp³-hybridized carbons (Fsp3) is 0.524. The molecule has 0 aliphatic carbocycles. The summed E-state index contributed by atoms with van der Waals surface area (Å²) >= 11 is 0. The highest BCUT2D eigenvalue weighted by Gasteiger charge is 2.26. The van der Waals surface area contributed by atoms with Crippen LogP contribution >= 0.6 is 0 Å². The number of nitrogens with zero attached hydrogens (tertiary/aromatic N) is 1. The SMILES string of the molecule is CC(CNC(=O)CC1CC(c2ccc(C(=N)N)cc2)=NO1)C(C)(C)C.COC=O. The lowest BCUT2D eigenvalue weighted by atomic mass is 9.82. The molecule has 0 fully saturated rings. The summed E-state index contributed by atoms with van der Waals surface area (Å²) < 4.78 is 3.86. The van der Waals surface area contributed by atoms with Gasteiger partial charge in [-0.25, -0.2) is 0 Å². The second-order valence-corrected chi connectivity index (χ2v) is 8.07. The standard InChI is InChI=1S/C19H28N4O2.C2H4O2/c1-12(19(2,3)4)11-22-17(24)10-15-9-16(23-25-15)13-5-7-14(8-6-13)18(20)21;1-4-2-3/h5-8,12,15H,9-11H2,1-4H3,(H3,20,21)(H,22,24);2H,1H3. The van der Waals surface area contributed by atoms with Gasteiger partial charge in [0.25, 0.3) is 6.47 Å². The summed E-state index contributed by atoms with van der Waals surface area (Å²) in [5.41, 5.74) is 8.03. The number of ether oxygens (including phenoxy) is 1. The van der Waals surface area contributed by atoms with Crippen LogP contribution in [-0.2, 0) is 19.2 Å². The Morgan fingerprint density at radius 1 is 1.41 bits per heavy atom. The van der Waals surface area contributed by atoms with Gasteiger partial charge >= 0.3 is 0 Å². The van der Waals surface area contributed by atoms with Gasteiger partial charge in [0, 0.05) is 18.5 Å². The molecule has 2 atom stereocenters. The van der Waals surface area contributed by atoms with E-state index in [1.54, 1.807) is 12.1 Å². The van der Waals surface area contributed by atoms with Gasteiger partial charge in [-0.3, -0.25) is 15.0 Å². The second-order valence-electron chi connectivity index (χ2n) is 8.07. The summed E-state index contributed by atoms with van der Waals surface area (Å²) in [5.74, 6) is 0.423. The van der Waals surface area contributed by atoms with Gasteiger partial charge in [-0.1, -0.05) is 57.1 Å². The van der Waals surface area contributed by atoms with Gasteiger partial charge in [-0.05, 0) is 16.9 Å². The van der Waals surface area contributed by atoms with Gasteiger partial charge in [0.15, 0.2) is 0 Å². The molecule has 0 aromatic heterocycles. The van der Waals surface area contributed by atoms with Crippen molar-refractivity contribution in [2.45, 2.75) is 46.6 Å². The van der Waals surface area contributed by atoms with Crippen LogP contribution in [0.4, 0.5) is 0 Å². The van der Waals surface area contributed by atoms with Crippen LogP contribution < -0.4 is 11.1 Å². The lowest BCUT2D eigenvalue weighted by Gasteiger charge is -2.27. The van der Waals surface area contributed by atoms with Crippen molar-refractivity contribution >= 4 is 23.9 Å². The topological polar surface area (TPSA) is 127 Å². The third kappa shape index (κ3) is 8.33.